The fourth-order valence-electron chi connectivity index (χ4n) is 3.96. The highest BCUT2D eigenvalue weighted by Crippen LogP contribution is 2.27. The molecular formula is C25H30N2O6S. The number of hydrogen-bond acceptors (Lipinski definition) is 6. The second-order valence-corrected chi connectivity index (χ2v) is 10.5. The highest BCUT2D eigenvalue weighted by atomic mass is 32.2. The summed E-state index contributed by atoms with van der Waals surface area (Å²) >= 11 is 0. The molecule has 1 heterocycles. The van der Waals surface area contributed by atoms with Gasteiger partial charge in [0, 0.05) is 18.2 Å². The Kier molecular flexibility index (Phi) is 7.89. The monoisotopic (exact) mass is 486 g/mol. The summed E-state index contributed by atoms with van der Waals surface area (Å²) in [4.78, 5) is 37.3. The minimum atomic E-state index is -3.77. The third-order valence-electron chi connectivity index (χ3n) is 5.99. The number of anilines is 1. The number of aryl methyl sites for hydroxylation is 1. The molecule has 8 nitrogen and oxygen atoms in total. The highest BCUT2D eigenvalue weighted by molar-refractivity contribution is 7.89. The Labute approximate surface area is 200 Å². The predicted octanol–water partition coefficient (Wildman–Crippen LogP) is 3.94. The summed E-state index contributed by atoms with van der Waals surface area (Å²) < 4.78 is 33.2. The van der Waals surface area contributed by atoms with Gasteiger partial charge in [-0.3, -0.25) is 9.59 Å². The Morgan fingerprint density at radius 3 is 2.47 bits per heavy atom. The molecule has 0 bridgehead atoms. The molecule has 2 unspecified atom stereocenters. The molecule has 1 fully saturated rings. The first kappa shape index (κ1) is 25.6. The normalized spacial score (nSPS) is 17.6. The summed E-state index contributed by atoms with van der Waals surface area (Å²) in [5.74, 6) is -1.62. The summed E-state index contributed by atoms with van der Waals surface area (Å²) in [5.41, 5.74) is 1.28. The summed E-state index contributed by atoms with van der Waals surface area (Å²) in [6.07, 6.45) is 1.40. The lowest BCUT2D eigenvalue weighted by molar-refractivity contribution is -0.123. The van der Waals surface area contributed by atoms with E-state index in [0.717, 1.165) is 19.3 Å². The number of nitrogens with one attached hydrogen (secondary N) is 1. The van der Waals surface area contributed by atoms with Crippen LogP contribution in [-0.4, -0.2) is 49.1 Å². The fourth-order valence-corrected chi connectivity index (χ4v) is 5.68. The lowest BCUT2D eigenvalue weighted by atomic mass is 10.1. The van der Waals surface area contributed by atoms with Gasteiger partial charge in [0.05, 0.1) is 16.1 Å². The van der Waals surface area contributed by atoms with Crippen molar-refractivity contribution in [3.8, 4) is 0 Å². The number of carbonyl (C=O) groups is 3. The molecule has 182 valence electrons. The molecule has 1 aliphatic rings. The Morgan fingerprint density at radius 1 is 1.09 bits per heavy atom. The number of nitrogens with zero attached hydrogens (tertiary/aromatic N) is 1. The maximum atomic E-state index is 13.2. The SMILES string of the molecule is CC(=O)c1ccccc1NC(=O)C(C)OC(=O)c1cc(S(=O)(=O)N2CCCCC2C)ccc1C. The van der Waals surface area contributed by atoms with Crippen LogP contribution in [0.4, 0.5) is 5.69 Å². The topological polar surface area (TPSA) is 110 Å². The number of carbonyl (C=O) groups excluding carboxylic acids is 3. The van der Waals surface area contributed by atoms with E-state index in [2.05, 4.69) is 5.32 Å². The van der Waals surface area contributed by atoms with Gasteiger partial charge in [0.15, 0.2) is 11.9 Å². The van der Waals surface area contributed by atoms with E-state index in [1.807, 2.05) is 6.92 Å². The van der Waals surface area contributed by atoms with Crippen LogP contribution < -0.4 is 5.32 Å². The Balaban J connectivity index is 1.77. The molecule has 1 amide bonds. The molecule has 0 aliphatic carbocycles. The van der Waals surface area contributed by atoms with Crippen LogP contribution in [0.2, 0.25) is 0 Å². The summed E-state index contributed by atoms with van der Waals surface area (Å²) in [6, 6.07) is 10.8. The van der Waals surface area contributed by atoms with E-state index in [4.69, 9.17) is 4.74 Å². The first-order chi connectivity index (χ1) is 16.0. The van der Waals surface area contributed by atoms with E-state index in [0.29, 0.717) is 23.4 Å². The maximum Gasteiger partial charge on any atom is 0.339 e. The minimum absolute atomic E-state index is 0.0197. The van der Waals surface area contributed by atoms with Crippen LogP contribution in [0.15, 0.2) is 47.4 Å². The van der Waals surface area contributed by atoms with Gasteiger partial charge < -0.3 is 10.1 Å². The van der Waals surface area contributed by atoms with Crippen LogP contribution >= 0.6 is 0 Å². The second-order valence-electron chi connectivity index (χ2n) is 8.58. The smallest absolute Gasteiger partial charge is 0.339 e. The van der Waals surface area contributed by atoms with Gasteiger partial charge in [0.2, 0.25) is 10.0 Å². The average molecular weight is 487 g/mol. The van der Waals surface area contributed by atoms with Gasteiger partial charge in [-0.15, -0.1) is 0 Å². The predicted molar refractivity (Wildman–Crippen MR) is 128 cm³/mol. The van der Waals surface area contributed by atoms with Crippen molar-refractivity contribution in [3.63, 3.8) is 0 Å². The number of amides is 1. The lowest BCUT2D eigenvalue weighted by Crippen LogP contribution is -2.42. The van der Waals surface area contributed by atoms with Crippen molar-refractivity contribution in [1.29, 1.82) is 0 Å². The molecule has 1 N–H and O–H groups in total. The van der Waals surface area contributed by atoms with E-state index >= 15 is 0 Å². The highest BCUT2D eigenvalue weighted by Gasteiger charge is 2.32. The number of para-hydroxylation sites is 1. The van der Waals surface area contributed by atoms with Crippen molar-refractivity contribution in [2.24, 2.45) is 0 Å². The van der Waals surface area contributed by atoms with Crippen LogP contribution in [0.25, 0.3) is 0 Å². The van der Waals surface area contributed by atoms with Gasteiger partial charge >= 0.3 is 5.97 Å². The molecule has 2 aromatic carbocycles. The molecule has 3 rings (SSSR count). The van der Waals surface area contributed by atoms with E-state index in [-0.39, 0.29) is 22.3 Å². The summed E-state index contributed by atoms with van der Waals surface area (Å²) in [6.45, 7) is 6.79. The number of ketones is 1. The van der Waals surface area contributed by atoms with Crippen LogP contribution in [0, 0.1) is 6.92 Å². The van der Waals surface area contributed by atoms with Crippen molar-refractivity contribution < 1.29 is 27.5 Å². The number of esters is 1. The Hall–Kier alpha value is -3.04. The number of hydrogen-bond donors (Lipinski definition) is 1. The van der Waals surface area contributed by atoms with Gasteiger partial charge in [-0.1, -0.05) is 24.6 Å². The zero-order valence-corrected chi connectivity index (χ0v) is 20.6. The molecule has 2 aromatic rings. The number of piperidine rings is 1. The second kappa shape index (κ2) is 10.5. The molecule has 34 heavy (non-hydrogen) atoms. The van der Waals surface area contributed by atoms with Crippen molar-refractivity contribution in [2.45, 2.75) is 64.0 Å². The molecule has 1 saturated heterocycles. The van der Waals surface area contributed by atoms with E-state index in [1.54, 1.807) is 37.3 Å². The largest absolute Gasteiger partial charge is 0.449 e. The van der Waals surface area contributed by atoms with Gasteiger partial charge in [-0.25, -0.2) is 13.2 Å². The summed E-state index contributed by atoms with van der Waals surface area (Å²) in [5, 5.41) is 2.61. The van der Waals surface area contributed by atoms with Crippen molar-refractivity contribution in [1.82, 2.24) is 4.31 Å². The molecule has 0 aromatic heterocycles. The minimum Gasteiger partial charge on any atom is -0.449 e. The maximum absolute atomic E-state index is 13.2. The zero-order valence-electron chi connectivity index (χ0n) is 19.8. The Morgan fingerprint density at radius 2 is 1.79 bits per heavy atom. The van der Waals surface area contributed by atoms with Crippen LogP contribution in [-0.2, 0) is 19.6 Å². The van der Waals surface area contributed by atoms with Gasteiger partial charge in [-0.05, 0) is 70.4 Å². The first-order valence-electron chi connectivity index (χ1n) is 11.3. The van der Waals surface area contributed by atoms with E-state index < -0.39 is 28.0 Å². The Bertz CT molecular complexity index is 1210. The number of sulfonamides is 1. The average Bonchev–Trinajstić information content (AvgIpc) is 2.79. The molecule has 0 spiro atoms. The van der Waals surface area contributed by atoms with Gasteiger partial charge in [0.25, 0.3) is 5.91 Å². The third-order valence-corrected chi connectivity index (χ3v) is 8.00. The quantitative estimate of drug-likeness (QED) is 0.469. The number of benzene rings is 2. The van der Waals surface area contributed by atoms with Gasteiger partial charge in [-0.2, -0.15) is 4.31 Å². The van der Waals surface area contributed by atoms with E-state index in [1.165, 1.54) is 30.3 Å². The van der Waals surface area contributed by atoms with Crippen molar-refractivity contribution >= 4 is 33.4 Å². The fraction of sp³-hybridized carbons (Fsp3) is 0.400. The summed E-state index contributed by atoms with van der Waals surface area (Å²) in [7, 11) is -3.77. The third kappa shape index (κ3) is 5.53. The number of ether oxygens (including phenoxy) is 1. The standard InChI is InChI=1S/C25H30N2O6S/c1-16-12-13-20(34(31,32)27-14-8-7-9-17(27)2)15-22(16)25(30)33-19(4)24(29)26-23-11-6-5-10-21(23)18(3)28/h5-6,10-13,15,17,19H,7-9,14H2,1-4H3,(H,26,29). The van der Waals surface area contributed by atoms with Crippen LogP contribution in [0.1, 0.15) is 66.3 Å². The lowest BCUT2D eigenvalue weighted by Gasteiger charge is -2.32. The van der Waals surface area contributed by atoms with Crippen molar-refractivity contribution in [3.05, 3.63) is 59.2 Å². The zero-order chi connectivity index (χ0) is 25.0. The van der Waals surface area contributed by atoms with E-state index in [9.17, 15) is 22.8 Å². The molecule has 2 atom stereocenters. The van der Waals surface area contributed by atoms with Crippen molar-refractivity contribution in [2.75, 3.05) is 11.9 Å². The molecule has 9 heteroatoms. The number of rotatable bonds is 7. The van der Waals surface area contributed by atoms with Crippen LogP contribution in [0.5, 0.6) is 0 Å². The van der Waals surface area contributed by atoms with Crippen LogP contribution in [0.3, 0.4) is 0 Å². The first-order valence-corrected chi connectivity index (χ1v) is 12.7. The molecule has 1 aliphatic heterocycles. The molecule has 0 saturated carbocycles. The number of Topliss-reactive ketones (excluding diaryl/α,β-unsaturated/α-hetero) is 1. The molecular weight excluding hydrogens is 456 g/mol. The van der Waals surface area contributed by atoms with Gasteiger partial charge in [0.1, 0.15) is 0 Å². The molecule has 0 radical (unpaired) electrons.